The minimum absolute atomic E-state index is 1.02. The number of nitrogens with zero attached hydrogens (tertiary/aromatic N) is 3. The molecule has 0 spiro atoms. The second kappa shape index (κ2) is 6.48. The molecule has 0 fully saturated rings. The molecule has 124 valence electrons. The van der Waals surface area contributed by atoms with Crippen molar-refractivity contribution in [2.45, 2.75) is 32.9 Å². The fraction of sp³-hybridized carbons (Fsp3) is 0.350. The summed E-state index contributed by atoms with van der Waals surface area (Å²) < 4.78 is 3.86. The Bertz CT molecular complexity index is 880. The lowest BCUT2D eigenvalue weighted by Gasteiger charge is -2.24. The SMILES string of the molecule is Cc1ccc(CCn2c3c(c4cc(I)ccc42)CCN(C)C3)cn1. The largest absolute Gasteiger partial charge is 0.343 e. The highest BCUT2D eigenvalue weighted by Crippen LogP contribution is 2.31. The van der Waals surface area contributed by atoms with Crippen LogP contribution >= 0.6 is 22.6 Å². The fourth-order valence-electron chi connectivity index (χ4n) is 3.69. The van der Waals surface area contributed by atoms with Crippen molar-refractivity contribution in [1.82, 2.24) is 14.5 Å². The monoisotopic (exact) mass is 431 g/mol. The van der Waals surface area contributed by atoms with E-state index in [1.165, 1.54) is 25.7 Å². The van der Waals surface area contributed by atoms with Crippen molar-refractivity contribution in [3.63, 3.8) is 0 Å². The number of benzene rings is 1. The van der Waals surface area contributed by atoms with Gasteiger partial charge in [0.15, 0.2) is 0 Å². The zero-order chi connectivity index (χ0) is 16.7. The summed E-state index contributed by atoms with van der Waals surface area (Å²) in [6.45, 7) is 5.26. The predicted octanol–water partition coefficient (Wildman–Crippen LogP) is 4.18. The van der Waals surface area contributed by atoms with Gasteiger partial charge in [-0.05, 0) is 84.8 Å². The molecular formula is C20H22IN3. The number of aromatic nitrogens is 2. The topological polar surface area (TPSA) is 21.1 Å². The first-order valence-corrected chi connectivity index (χ1v) is 9.59. The number of aryl methyl sites for hydroxylation is 3. The van der Waals surface area contributed by atoms with Crippen LogP contribution in [0.25, 0.3) is 10.9 Å². The summed E-state index contributed by atoms with van der Waals surface area (Å²) in [5.74, 6) is 0. The van der Waals surface area contributed by atoms with Gasteiger partial charge in [-0.2, -0.15) is 0 Å². The molecule has 24 heavy (non-hydrogen) atoms. The minimum Gasteiger partial charge on any atom is -0.343 e. The third-order valence-corrected chi connectivity index (χ3v) is 5.68. The molecule has 0 saturated heterocycles. The van der Waals surface area contributed by atoms with Crippen molar-refractivity contribution < 1.29 is 0 Å². The van der Waals surface area contributed by atoms with E-state index in [2.05, 4.69) is 74.4 Å². The maximum absolute atomic E-state index is 4.43. The Balaban J connectivity index is 1.73. The molecule has 0 atom stereocenters. The Morgan fingerprint density at radius 1 is 1.21 bits per heavy atom. The summed E-state index contributed by atoms with van der Waals surface area (Å²) in [6.07, 6.45) is 4.20. The Labute approximate surface area is 156 Å². The van der Waals surface area contributed by atoms with Crippen LogP contribution in [0.15, 0.2) is 36.5 Å². The van der Waals surface area contributed by atoms with Gasteiger partial charge in [-0.1, -0.05) is 6.07 Å². The van der Waals surface area contributed by atoms with Gasteiger partial charge in [0.1, 0.15) is 0 Å². The Morgan fingerprint density at radius 3 is 2.88 bits per heavy atom. The summed E-state index contributed by atoms with van der Waals surface area (Å²) >= 11 is 2.42. The van der Waals surface area contributed by atoms with Crippen LogP contribution in [0.5, 0.6) is 0 Å². The van der Waals surface area contributed by atoms with E-state index in [1.54, 1.807) is 5.56 Å². The lowest BCUT2D eigenvalue weighted by Crippen LogP contribution is -2.28. The van der Waals surface area contributed by atoms with E-state index in [4.69, 9.17) is 0 Å². The molecule has 0 amide bonds. The van der Waals surface area contributed by atoms with Crippen LogP contribution < -0.4 is 0 Å². The molecule has 3 nitrogen and oxygen atoms in total. The van der Waals surface area contributed by atoms with Crippen LogP contribution in [0.2, 0.25) is 0 Å². The van der Waals surface area contributed by atoms with Crippen molar-refractivity contribution in [2.75, 3.05) is 13.6 Å². The van der Waals surface area contributed by atoms with Gasteiger partial charge in [0, 0.05) is 51.7 Å². The van der Waals surface area contributed by atoms with Gasteiger partial charge in [0.2, 0.25) is 0 Å². The molecular weight excluding hydrogens is 409 g/mol. The first-order chi connectivity index (χ1) is 11.6. The number of hydrogen-bond acceptors (Lipinski definition) is 2. The zero-order valence-electron chi connectivity index (χ0n) is 14.2. The third-order valence-electron chi connectivity index (χ3n) is 5.01. The Kier molecular flexibility index (Phi) is 4.35. The molecule has 0 unspecified atom stereocenters. The number of hydrogen-bond donors (Lipinski definition) is 0. The van der Waals surface area contributed by atoms with E-state index in [9.17, 15) is 0 Å². The lowest BCUT2D eigenvalue weighted by molar-refractivity contribution is 0.303. The van der Waals surface area contributed by atoms with E-state index in [0.29, 0.717) is 0 Å². The summed E-state index contributed by atoms with van der Waals surface area (Å²) in [5.41, 5.74) is 6.84. The average Bonchev–Trinajstić information content (AvgIpc) is 2.86. The summed E-state index contributed by atoms with van der Waals surface area (Å²) in [4.78, 5) is 6.86. The molecule has 1 aliphatic rings. The van der Waals surface area contributed by atoms with Crippen molar-refractivity contribution in [2.24, 2.45) is 0 Å². The van der Waals surface area contributed by atoms with Gasteiger partial charge in [-0.25, -0.2) is 0 Å². The first kappa shape index (κ1) is 16.1. The highest BCUT2D eigenvalue weighted by Gasteiger charge is 2.22. The molecule has 0 saturated carbocycles. The molecule has 1 aromatic carbocycles. The second-order valence-electron chi connectivity index (χ2n) is 6.78. The number of fused-ring (bicyclic) bond motifs is 3. The molecule has 3 heterocycles. The molecule has 4 rings (SSSR count). The number of rotatable bonds is 3. The van der Waals surface area contributed by atoms with Crippen LogP contribution in [0.3, 0.4) is 0 Å². The lowest BCUT2D eigenvalue weighted by atomic mass is 10.0. The van der Waals surface area contributed by atoms with Crippen LogP contribution in [0.4, 0.5) is 0 Å². The second-order valence-corrected chi connectivity index (χ2v) is 8.03. The van der Waals surface area contributed by atoms with E-state index in [-0.39, 0.29) is 0 Å². The highest BCUT2D eigenvalue weighted by molar-refractivity contribution is 14.1. The van der Waals surface area contributed by atoms with E-state index < -0.39 is 0 Å². The Hall–Kier alpha value is -1.40. The van der Waals surface area contributed by atoms with Gasteiger partial charge < -0.3 is 9.47 Å². The van der Waals surface area contributed by atoms with Crippen molar-refractivity contribution in [3.05, 3.63) is 62.6 Å². The van der Waals surface area contributed by atoms with Crippen LogP contribution in [-0.2, 0) is 25.9 Å². The van der Waals surface area contributed by atoms with E-state index in [1.807, 2.05) is 13.1 Å². The van der Waals surface area contributed by atoms with Gasteiger partial charge in [0.05, 0.1) is 0 Å². The molecule has 2 aromatic heterocycles. The minimum atomic E-state index is 1.02. The number of likely N-dealkylation sites (N-methyl/N-ethyl adjacent to an activating group) is 1. The van der Waals surface area contributed by atoms with E-state index in [0.717, 1.165) is 38.2 Å². The molecule has 0 aliphatic carbocycles. The van der Waals surface area contributed by atoms with Gasteiger partial charge in [-0.15, -0.1) is 0 Å². The van der Waals surface area contributed by atoms with E-state index >= 15 is 0 Å². The van der Waals surface area contributed by atoms with Gasteiger partial charge in [-0.3, -0.25) is 4.98 Å². The first-order valence-electron chi connectivity index (χ1n) is 8.51. The summed E-state index contributed by atoms with van der Waals surface area (Å²) in [5, 5.41) is 1.45. The van der Waals surface area contributed by atoms with Crippen molar-refractivity contribution in [1.29, 1.82) is 0 Å². The summed E-state index contributed by atoms with van der Waals surface area (Å²) in [7, 11) is 2.22. The van der Waals surface area contributed by atoms with Crippen LogP contribution in [-0.4, -0.2) is 28.0 Å². The molecule has 0 radical (unpaired) electrons. The smallest absolute Gasteiger partial charge is 0.0486 e. The molecule has 1 aliphatic heterocycles. The maximum Gasteiger partial charge on any atom is 0.0486 e. The molecule has 0 N–H and O–H groups in total. The average molecular weight is 431 g/mol. The quantitative estimate of drug-likeness (QED) is 0.581. The zero-order valence-corrected chi connectivity index (χ0v) is 16.4. The fourth-order valence-corrected chi connectivity index (χ4v) is 4.18. The van der Waals surface area contributed by atoms with Gasteiger partial charge in [0.25, 0.3) is 0 Å². The number of pyridine rings is 1. The van der Waals surface area contributed by atoms with Crippen LogP contribution in [0.1, 0.15) is 22.5 Å². The van der Waals surface area contributed by atoms with Gasteiger partial charge >= 0.3 is 0 Å². The number of halogens is 1. The predicted molar refractivity (Wildman–Crippen MR) is 107 cm³/mol. The summed E-state index contributed by atoms with van der Waals surface area (Å²) in [6, 6.07) is 11.2. The van der Waals surface area contributed by atoms with Crippen LogP contribution in [0, 0.1) is 10.5 Å². The normalized spacial score (nSPS) is 15.0. The molecule has 3 aromatic rings. The van der Waals surface area contributed by atoms with Crippen molar-refractivity contribution >= 4 is 33.5 Å². The van der Waals surface area contributed by atoms with Crippen molar-refractivity contribution in [3.8, 4) is 0 Å². The highest BCUT2D eigenvalue weighted by atomic mass is 127. The maximum atomic E-state index is 4.43. The standard InChI is InChI=1S/C20H22IN3/c1-14-3-4-15(12-22-14)7-10-24-19-6-5-16(21)11-18(19)17-8-9-23(2)13-20(17)24/h3-6,11-12H,7-10,13H2,1-2H3. The molecule has 0 bridgehead atoms. The third kappa shape index (κ3) is 2.97. The molecule has 4 heteroatoms. The Morgan fingerprint density at radius 2 is 2.08 bits per heavy atom.